The fourth-order valence-corrected chi connectivity index (χ4v) is 3.45. The summed E-state index contributed by atoms with van der Waals surface area (Å²) < 4.78 is 17.3. The van der Waals surface area contributed by atoms with Gasteiger partial charge >= 0.3 is 0 Å². The molecule has 0 atom stereocenters. The van der Waals surface area contributed by atoms with Crippen LogP contribution >= 0.6 is 11.6 Å². The lowest BCUT2D eigenvalue weighted by Gasteiger charge is -2.24. The van der Waals surface area contributed by atoms with E-state index in [-0.39, 0.29) is 5.79 Å². The monoisotopic (exact) mass is 307 g/mol. The normalized spacial score (nSPS) is 24.0. The van der Waals surface area contributed by atoms with Gasteiger partial charge in [-0.25, -0.2) is 0 Å². The first-order valence-corrected chi connectivity index (χ1v) is 7.72. The minimum absolute atomic E-state index is 0.350. The first kappa shape index (κ1) is 13.6. The van der Waals surface area contributed by atoms with Crippen molar-refractivity contribution in [2.24, 2.45) is 0 Å². The summed E-state index contributed by atoms with van der Waals surface area (Å²) in [5.41, 5.74) is 2.32. The molecule has 2 saturated heterocycles. The van der Waals surface area contributed by atoms with Crippen molar-refractivity contribution >= 4 is 17.7 Å². The molecule has 3 aliphatic heterocycles. The van der Waals surface area contributed by atoms with Crippen LogP contribution < -0.4 is 4.74 Å². The van der Waals surface area contributed by atoms with Gasteiger partial charge in [-0.3, -0.25) is 4.90 Å². The predicted molar refractivity (Wildman–Crippen MR) is 80.6 cm³/mol. The van der Waals surface area contributed by atoms with E-state index in [1.54, 1.807) is 0 Å². The molecular formula is C16H18ClNO3. The number of fused-ring (bicyclic) bond motifs is 1. The van der Waals surface area contributed by atoms with Crippen LogP contribution in [-0.4, -0.2) is 50.1 Å². The van der Waals surface area contributed by atoms with Crippen LogP contribution in [0.4, 0.5) is 0 Å². The molecule has 0 aromatic heterocycles. The highest BCUT2D eigenvalue weighted by Crippen LogP contribution is 2.33. The molecule has 21 heavy (non-hydrogen) atoms. The number of benzene rings is 1. The zero-order chi connectivity index (χ0) is 14.3. The van der Waals surface area contributed by atoms with Crippen LogP contribution in [0, 0.1) is 0 Å². The summed E-state index contributed by atoms with van der Waals surface area (Å²) in [5.74, 6) is 0.556. The molecule has 2 fully saturated rings. The van der Waals surface area contributed by atoms with Crippen molar-refractivity contribution in [2.75, 3.05) is 39.5 Å². The van der Waals surface area contributed by atoms with Crippen LogP contribution in [0.25, 0.3) is 6.08 Å². The van der Waals surface area contributed by atoms with E-state index in [0.29, 0.717) is 19.8 Å². The van der Waals surface area contributed by atoms with E-state index in [2.05, 4.69) is 11.0 Å². The second-order valence-corrected chi connectivity index (χ2v) is 6.28. The van der Waals surface area contributed by atoms with Gasteiger partial charge in [-0.2, -0.15) is 0 Å². The van der Waals surface area contributed by atoms with Gasteiger partial charge in [0.2, 0.25) is 0 Å². The van der Waals surface area contributed by atoms with E-state index in [0.717, 1.165) is 42.4 Å². The Hall–Kier alpha value is -1.07. The zero-order valence-corrected chi connectivity index (χ0v) is 12.6. The number of rotatable bonds is 2. The Morgan fingerprint density at radius 3 is 2.95 bits per heavy atom. The SMILES string of the molecule is Clc1ccc2c(c1)C=C(CN1CCC3(C1)OCCO3)CO2. The maximum Gasteiger partial charge on any atom is 0.182 e. The largest absolute Gasteiger partial charge is 0.489 e. The van der Waals surface area contributed by atoms with Gasteiger partial charge in [0.15, 0.2) is 5.79 Å². The van der Waals surface area contributed by atoms with Gasteiger partial charge in [0.05, 0.1) is 19.8 Å². The van der Waals surface area contributed by atoms with Crippen molar-refractivity contribution in [2.45, 2.75) is 12.2 Å². The van der Waals surface area contributed by atoms with Crippen LogP contribution in [0.5, 0.6) is 5.75 Å². The lowest BCUT2D eigenvalue weighted by atomic mass is 10.1. The summed E-state index contributed by atoms with van der Waals surface area (Å²) in [7, 11) is 0. The van der Waals surface area contributed by atoms with E-state index in [4.69, 9.17) is 25.8 Å². The average molecular weight is 308 g/mol. The third-order valence-corrected chi connectivity index (χ3v) is 4.49. The summed E-state index contributed by atoms with van der Waals surface area (Å²) >= 11 is 6.05. The quantitative estimate of drug-likeness (QED) is 0.840. The predicted octanol–water partition coefficient (Wildman–Crippen LogP) is 2.56. The van der Waals surface area contributed by atoms with E-state index in [9.17, 15) is 0 Å². The van der Waals surface area contributed by atoms with E-state index in [1.807, 2.05) is 18.2 Å². The standard InChI is InChI=1S/C16H18ClNO3/c17-14-1-2-15-13(8-14)7-12(10-19-15)9-18-4-3-16(11-18)20-5-6-21-16/h1-2,7-8H,3-6,9-11H2. The van der Waals surface area contributed by atoms with Gasteiger partial charge in [-0.05, 0) is 29.8 Å². The molecule has 112 valence electrons. The van der Waals surface area contributed by atoms with Gasteiger partial charge in [0, 0.05) is 30.1 Å². The molecule has 4 rings (SSSR count). The van der Waals surface area contributed by atoms with Crippen LogP contribution in [0.1, 0.15) is 12.0 Å². The van der Waals surface area contributed by atoms with Crippen molar-refractivity contribution in [3.05, 3.63) is 34.4 Å². The van der Waals surface area contributed by atoms with Gasteiger partial charge in [0.1, 0.15) is 12.4 Å². The molecule has 1 aromatic carbocycles. The summed E-state index contributed by atoms with van der Waals surface area (Å²) in [5, 5.41) is 0.739. The highest BCUT2D eigenvalue weighted by Gasteiger charge is 2.43. The Kier molecular flexibility index (Phi) is 3.42. The van der Waals surface area contributed by atoms with Crippen molar-refractivity contribution in [1.29, 1.82) is 0 Å². The summed E-state index contributed by atoms with van der Waals surface area (Å²) in [6, 6.07) is 5.74. The Morgan fingerprint density at radius 1 is 1.24 bits per heavy atom. The van der Waals surface area contributed by atoms with Gasteiger partial charge in [0.25, 0.3) is 0 Å². The van der Waals surface area contributed by atoms with Crippen LogP contribution in [0.3, 0.4) is 0 Å². The molecular weight excluding hydrogens is 290 g/mol. The number of halogens is 1. The lowest BCUT2D eigenvalue weighted by molar-refractivity contribution is -0.144. The number of hydrogen-bond acceptors (Lipinski definition) is 4. The summed E-state index contributed by atoms with van der Waals surface area (Å²) in [6.45, 7) is 4.80. The molecule has 1 spiro atoms. The van der Waals surface area contributed by atoms with Crippen LogP contribution in [0.15, 0.2) is 23.8 Å². The second kappa shape index (κ2) is 5.29. The third kappa shape index (κ3) is 2.69. The first-order valence-electron chi connectivity index (χ1n) is 7.35. The molecule has 0 N–H and O–H groups in total. The number of nitrogens with zero attached hydrogens (tertiary/aromatic N) is 1. The van der Waals surface area contributed by atoms with E-state index in [1.165, 1.54) is 5.57 Å². The van der Waals surface area contributed by atoms with Gasteiger partial charge < -0.3 is 14.2 Å². The average Bonchev–Trinajstić information content (AvgIpc) is 3.09. The maximum atomic E-state index is 6.05. The molecule has 0 radical (unpaired) electrons. The molecule has 0 amide bonds. The minimum Gasteiger partial charge on any atom is -0.489 e. The topological polar surface area (TPSA) is 30.9 Å². The van der Waals surface area contributed by atoms with E-state index < -0.39 is 0 Å². The molecule has 0 saturated carbocycles. The van der Waals surface area contributed by atoms with Crippen molar-refractivity contribution in [1.82, 2.24) is 4.90 Å². The number of likely N-dealkylation sites (tertiary alicyclic amines) is 1. The molecule has 3 heterocycles. The summed E-state index contributed by atoms with van der Waals surface area (Å²) in [4.78, 5) is 2.37. The van der Waals surface area contributed by atoms with Gasteiger partial charge in [-0.1, -0.05) is 11.6 Å². The first-order chi connectivity index (χ1) is 10.2. The molecule has 0 aliphatic carbocycles. The highest BCUT2D eigenvalue weighted by molar-refractivity contribution is 6.30. The Labute approximate surface area is 129 Å². The van der Waals surface area contributed by atoms with E-state index >= 15 is 0 Å². The van der Waals surface area contributed by atoms with Crippen LogP contribution in [-0.2, 0) is 9.47 Å². The molecule has 0 unspecified atom stereocenters. The smallest absolute Gasteiger partial charge is 0.182 e. The molecule has 5 heteroatoms. The second-order valence-electron chi connectivity index (χ2n) is 5.84. The molecule has 3 aliphatic rings. The van der Waals surface area contributed by atoms with Crippen molar-refractivity contribution in [3.8, 4) is 5.75 Å². The highest BCUT2D eigenvalue weighted by atomic mass is 35.5. The van der Waals surface area contributed by atoms with Crippen LogP contribution in [0.2, 0.25) is 5.02 Å². The van der Waals surface area contributed by atoms with Crippen molar-refractivity contribution < 1.29 is 14.2 Å². The zero-order valence-electron chi connectivity index (χ0n) is 11.8. The molecule has 0 bridgehead atoms. The Bertz CT molecular complexity index is 581. The number of ether oxygens (including phenoxy) is 3. The number of hydrogen-bond donors (Lipinski definition) is 0. The maximum absolute atomic E-state index is 6.05. The summed E-state index contributed by atoms with van der Waals surface area (Å²) in [6.07, 6.45) is 3.13. The molecule has 1 aromatic rings. The fourth-order valence-electron chi connectivity index (χ4n) is 3.27. The minimum atomic E-state index is -0.350. The molecule has 4 nitrogen and oxygen atoms in total. The Morgan fingerprint density at radius 2 is 2.10 bits per heavy atom. The fraction of sp³-hybridized carbons (Fsp3) is 0.500. The van der Waals surface area contributed by atoms with Crippen molar-refractivity contribution in [3.63, 3.8) is 0 Å². The van der Waals surface area contributed by atoms with Gasteiger partial charge in [-0.15, -0.1) is 0 Å². The lowest BCUT2D eigenvalue weighted by Crippen LogP contribution is -2.35. The Balaban J connectivity index is 1.46. The third-order valence-electron chi connectivity index (χ3n) is 4.26.